The number of fused-ring (bicyclic) bond motifs is 1. The fourth-order valence-corrected chi connectivity index (χ4v) is 2.80. The van der Waals surface area contributed by atoms with Gasteiger partial charge in [0.1, 0.15) is 17.9 Å². The van der Waals surface area contributed by atoms with Crippen molar-refractivity contribution in [2.45, 2.75) is 20.0 Å². The first-order valence-corrected chi connectivity index (χ1v) is 7.43. The molecule has 2 aromatic heterocycles. The minimum Gasteiger partial charge on any atom is -0.434 e. The summed E-state index contributed by atoms with van der Waals surface area (Å²) in [6.45, 7) is -1.03. The lowest BCUT2D eigenvalue weighted by Gasteiger charge is -2.12. The van der Waals surface area contributed by atoms with E-state index < -0.39 is 6.61 Å². The molecule has 9 heteroatoms. The second-order valence-electron chi connectivity index (χ2n) is 4.85. The largest absolute Gasteiger partial charge is 0.434 e. The Labute approximate surface area is 138 Å². The van der Waals surface area contributed by atoms with Gasteiger partial charge in [-0.1, -0.05) is 6.07 Å². The fraction of sp³-hybridized carbons (Fsp3) is 0.214. The van der Waals surface area contributed by atoms with E-state index in [2.05, 4.69) is 35.7 Å². The van der Waals surface area contributed by atoms with Crippen molar-refractivity contribution in [3.8, 4) is 5.75 Å². The summed E-state index contributed by atoms with van der Waals surface area (Å²) >= 11 is 3.23. The Morgan fingerprint density at radius 3 is 2.87 bits per heavy atom. The highest BCUT2D eigenvalue weighted by molar-refractivity contribution is 9.10. The van der Waals surface area contributed by atoms with Crippen LogP contribution in [0.5, 0.6) is 5.75 Å². The zero-order valence-corrected chi connectivity index (χ0v) is 13.6. The number of benzene rings is 1. The Hall–Kier alpha value is -2.29. The number of halogens is 3. The first-order chi connectivity index (χ1) is 11.0. The van der Waals surface area contributed by atoms with Gasteiger partial charge in [0, 0.05) is 17.7 Å². The highest BCUT2D eigenvalue weighted by atomic mass is 79.9. The SMILES string of the molecule is Cc1nc2ncnn2c(N)c1Cc1ccc(OC(F)F)c(Br)c1. The molecule has 3 rings (SSSR count). The molecule has 0 aliphatic heterocycles. The molecule has 0 aliphatic carbocycles. The Morgan fingerprint density at radius 2 is 2.17 bits per heavy atom. The van der Waals surface area contributed by atoms with E-state index in [1.54, 1.807) is 12.1 Å². The van der Waals surface area contributed by atoms with Crippen molar-refractivity contribution < 1.29 is 13.5 Å². The van der Waals surface area contributed by atoms with Crippen LogP contribution < -0.4 is 10.5 Å². The minimum atomic E-state index is -2.87. The van der Waals surface area contributed by atoms with Gasteiger partial charge in [-0.05, 0) is 40.5 Å². The lowest BCUT2D eigenvalue weighted by Crippen LogP contribution is -2.09. The second kappa shape index (κ2) is 6.07. The van der Waals surface area contributed by atoms with Crippen LogP contribution in [0, 0.1) is 6.92 Å². The molecular formula is C14H12BrF2N5O. The maximum absolute atomic E-state index is 12.3. The summed E-state index contributed by atoms with van der Waals surface area (Å²) in [5, 5.41) is 4.03. The van der Waals surface area contributed by atoms with Gasteiger partial charge < -0.3 is 10.5 Å². The molecule has 120 valence electrons. The smallest absolute Gasteiger partial charge is 0.387 e. The van der Waals surface area contributed by atoms with Crippen LogP contribution in [0.3, 0.4) is 0 Å². The number of anilines is 1. The fourth-order valence-electron chi connectivity index (χ4n) is 2.28. The highest BCUT2D eigenvalue weighted by Gasteiger charge is 2.14. The van der Waals surface area contributed by atoms with Crippen LogP contribution in [0.1, 0.15) is 16.8 Å². The number of hydrogen-bond acceptors (Lipinski definition) is 5. The molecule has 2 N–H and O–H groups in total. The Kier molecular flexibility index (Phi) is 4.12. The van der Waals surface area contributed by atoms with Crippen LogP contribution >= 0.6 is 15.9 Å². The van der Waals surface area contributed by atoms with Crippen LogP contribution in [-0.4, -0.2) is 26.2 Å². The van der Waals surface area contributed by atoms with Gasteiger partial charge in [0.2, 0.25) is 0 Å². The molecule has 0 spiro atoms. The molecule has 0 amide bonds. The maximum atomic E-state index is 12.3. The Morgan fingerprint density at radius 1 is 1.39 bits per heavy atom. The van der Waals surface area contributed by atoms with Gasteiger partial charge in [-0.15, -0.1) is 0 Å². The molecule has 0 saturated carbocycles. The monoisotopic (exact) mass is 383 g/mol. The van der Waals surface area contributed by atoms with Crippen LogP contribution in [0.15, 0.2) is 29.0 Å². The Balaban J connectivity index is 1.94. The summed E-state index contributed by atoms with van der Waals surface area (Å²) in [7, 11) is 0. The predicted octanol–water partition coefficient (Wildman–Crippen LogP) is 2.97. The molecule has 23 heavy (non-hydrogen) atoms. The summed E-state index contributed by atoms with van der Waals surface area (Å²) in [6, 6.07) is 4.90. The lowest BCUT2D eigenvalue weighted by molar-refractivity contribution is -0.0503. The molecule has 6 nitrogen and oxygen atoms in total. The summed E-state index contributed by atoms with van der Waals surface area (Å²) in [6.07, 6.45) is 1.86. The van der Waals surface area contributed by atoms with Gasteiger partial charge >= 0.3 is 6.61 Å². The van der Waals surface area contributed by atoms with E-state index in [-0.39, 0.29) is 5.75 Å². The average molecular weight is 384 g/mol. The summed E-state index contributed by atoms with van der Waals surface area (Å²) in [4.78, 5) is 8.35. The number of aryl methyl sites for hydroxylation is 1. The summed E-state index contributed by atoms with van der Waals surface area (Å²) in [5.74, 6) is 0.970. The molecule has 2 heterocycles. The minimum absolute atomic E-state index is 0.0818. The Bertz CT molecular complexity index is 868. The quantitative estimate of drug-likeness (QED) is 0.749. The summed E-state index contributed by atoms with van der Waals surface area (Å²) < 4.78 is 30.9. The van der Waals surface area contributed by atoms with Crippen LogP contribution in [-0.2, 0) is 6.42 Å². The number of ether oxygens (including phenoxy) is 1. The number of nitrogens with two attached hydrogens (primary N) is 1. The van der Waals surface area contributed by atoms with Gasteiger partial charge in [0.25, 0.3) is 5.78 Å². The number of nitrogen functional groups attached to an aromatic ring is 1. The van der Waals surface area contributed by atoms with Gasteiger partial charge in [-0.2, -0.15) is 23.4 Å². The molecule has 0 atom stereocenters. The van der Waals surface area contributed by atoms with E-state index in [1.807, 2.05) is 6.92 Å². The van der Waals surface area contributed by atoms with E-state index in [1.165, 1.54) is 16.9 Å². The maximum Gasteiger partial charge on any atom is 0.387 e. The second-order valence-corrected chi connectivity index (χ2v) is 5.71. The average Bonchev–Trinajstić information content (AvgIpc) is 2.94. The molecular weight excluding hydrogens is 372 g/mol. The number of aromatic nitrogens is 4. The highest BCUT2D eigenvalue weighted by Crippen LogP contribution is 2.29. The van der Waals surface area contributed by atoms with E-state index in [4.69, 9.17) is 5.73 Å². The van der Waals surface area contributed by atoms with Gasteiger partial charge in [-0.3, -0.25) is 0 Å². The zero-order valence-electron chi connectivity index (χ0n) is 12.0. The van der Waals surface area contributed by atoms with Crippen LogP contribution in [0.25, 0.3) is 5.78 Å². The topological polar surface area (TPSA) is 78.3 Å². The molecule has 0 saturated heterocycles. The molecule has 0 aliphatic rings. The standard InChI is InChI=1S/C14H12BrF2N5O/c1-7-9(12(18)22-14(21-7)19-6-20-22)4-8-2-3-11(10(15)5-8)23-13(16)17/h2-3,5-6,13H,4,18H2,1H3. The van der Waals surface area contributed by atoms with Crippen molar-refractivity contribution in [3.63, 3.8) is 0 Å². The van der Waals surface area contributed by atoms with Crippen molar-refractivity contribution in [1.29, 1.82) is 0 Å². The number of rotatable bonds is 4. The molecule has 1 aromatic carbocycles. The van der Waals surface area contributed by atoms with Crippen molar-refractivity contribution in [1.82, 2.24) is 19.6 Å². The molecule has 0 bridgehead atoms. The summed E-state index contributed by atoms with van der Waals surface area (Å²) in [5.41, 5.74) is 8.55. The number of alkyl halides is 2. The molecule has 3 aromatic rings. The normalized spacial score (nSPS) is 11.3. The number of hydrogen-bond donors (Lipinski definition) is 1. The van der Waals surface area contributed by atoms with Crippen molar-refractivity contribution in [3.05, 3.63) is 45.8 Å². The van der Waals surface area contributed by atoms with Gasteiger partial charge in [-0.25, -0.2) is 4.98 Å². The van der Waals surface area contributed by atoms with E-state index >= 15 is 0 Å². The van der Waals surface area contributed by atoms with Crippen molar-refractivity contribution >= 4 is 27.5 Å². The van der Waals surface area contributed by atoms with Crippen LogP contribution in [0.4, 0.5) is 14.6 Å². The van der Waals surface area contributed by atoms with Crippen LogP contribution in [0.2, 0.25) is 0 Å². The third-order valence-electron chi connectivity index (χ3n) is 3.36. The third kappa shape index (κ3) is 3.09. The molecule has 0 radical (unpaired) electrons. The first kappa shape index (κ1) is 15.6. The molecule has 0 unspecified atom stereocenters. The third-order valence-corrected chi connectivity index (χ3v) is 3.98. The molecule has 0 fully saturated rings. The van der Waals surface area contributed by atoms with Gasteiger partial charge in [0.05, 0.1) is 4.47 Å². The van der Waals surface area contributed by atoms with E-state index in [0.717, 1.165) is 16.8 Å². The predicted molar refractivity (Wildman–Crippen MR) is 83.5 cm³/mol. The first-order valence-electron chi connectivity index (χ1n) is 6.63. The van der Waals surface area contributed by atoms with Gasteiger partial charge in [0.15, 0.2) is 0 Å². The van der Waals surface area contributed by atoms with E-state index in [9.17, 15) is 8.78 Å². The lowest BCUT2D eigenvalue weighted by atomic mass is 10.0. The van der Waals surface area contributed by atoms with Crippen molar-refractivity contribution in [2.75, 3.05) is 5.73 Å². The number of nitrogens with zero attached hydrogens (tertiary/aromatic N) is 4. The van der Waals surface area contributed by atoms with E-state index in [0.29, 0.717) is 22.5 Å². The zero-order chi connectivity index (χ0) is 16.6. The van der Waals surface area contributed by atoms with Crippen molar-refractivity contribution in [2.24, 2.45) is 0 Å².